The van der Waals surface area contributed by atoms with Crippen molar-refractivity contribution in [1.82, 2.24) is 4.98 Å². The van der Waals surface area contributed by atoms with Gasteiger partial charge in [-0.05, 0) is 40.5 Å². The van der Waals surface area contributed by atoms with Gasteiger partial charge in [0.2, 0.25) is 5.89 Å². The molecule has 0 N–H and O–H groups in total. The monoisotopic (exact) mass is 347 g/mol. The van der Waals surface area contributed by atoms with E-state index in [2.05, 4.69) is 48.5 Å². The van der Waals surface area contributed by atoms with Crippen molar-refractivity contribution in [3.63, 3.8) is 0 Å². The molecule has 27 heavy (non-hydrogen) atoms. The molecule has 2 nitrogen and oxygen atoms in total. The Hall–Kier alpha value is -3.65. The SMILES string of the molecule is c1ccc(-c2ccc3nc(-c4ccccc4-c4ccccc4)oc3c2)cc1. The topological polar surface area (TPSA) is 26.0 Å². The van der Waals surface area contributed by atoms with Gasteiger partial charge in [-0.1, -0.05) is 84.9 Å². The highest BCUT2D eigenvalue weighted by Gasteiger charge is 2.13. The maximum atomic E-state index is 6.17. The zero-order valence-corrected chi connectivity index (χ0v) is 14.7. The number of hydrogen-bond acceptors (Lipinski definition) is 2. The molecule has 2 heteroatoms. The second kappa shape index (κ2) is 6.58. The summed E-state index contributed by atoms with van der Waals surface area (Å²) in [5.41, 5.74) is 7.24. The fourth-order valence-electron chi connectivity index (χ4n) is 3.39. The first-order chi connectivity index (χ1) is 13.4. The van der Waals surface area contributed by atoms with Crippen LogP contribution in [0.25, 0.3) is 44.8 Å². The summed E-state index contributed by atoms with van der Waals surface area (Å²) in [6.07, 6.45) is 0. The van der Waals surface area contributed by atoms with Gasteiger partial charge in [0.25, 0.3) is 0 Å². The minimum Gasteiger partial charge on any atom is -0.436 e. The van der Waals surface area contributed by atoms with E-state index in [4.69, 9.17) is 9.40 Å². The summed E-state index contributed by atoms with van der Waals surface area (Å²) >= 11 is 0. The van der Waals surface area contributed by atoms with Crippen LogP contribution in [-0.4, -0.2) is 4.98 Å². The van der Waals surface area contributed by atoms with Crippen molar-refractivity contribution in [1.29, 1.82) is 0 Å². The number of oxazole rings is 1. The molecule has 0 spiro atoms. The van der Waals surface area contributed by atoms with Gasteiger partial charge in [0.1, 0.15) is 5.52 Å². The van der Waals surface area contributed by atoms with Gasteiger partial charge >= 0.3 is 0 Å². The third-order valence-electron chi connectivity index (χ3n) is 4.74. The van der Waals surface area contributed by atoms with Crippen LogP contribution in [0.5, 0.6) is 0 Å². The molecule has 0 aliphatic carbocycles. The lowest BCUT2D eigenvalue weighted by atomic mass is 10.00. The molecule has 0 atom stereocenters. The minimum absolute atomic E-state index is 0.648. The molecule has 0 fully saturated rings. The van der Waals surface area contributed by atoms with Crippen molar-refractivity contribution >= 4 is 11.1 Å². The molecule has 0 saturated heterocycles. The molecule has 0 bridgehead atoms. The second-order valence-corrected chi connectivity index (χ2v) is 6.48. The Bertz CT molecular complexity index is 1210. The average Bonchev–Trinajstić information content (AvgIpc) is 3.18. The molecule has 0 radical (unpaired) electrons. The van der Waals surface area contributed by atoms with E-state index in [1.165, 1.54) is 5.56 Å². The van der Waals surface area contributed by atoms with Crippen molar-refractivity contribution in [3.8, 4) is 33.7 Å². The highest BCUT2D eigenvalue weighted by Crippen LogP contribution is 2.34. The van der Waals surface area contributed by atoms with Crippen molar-refractivity contribution in [2.75, 3.05) is 0 Å². The first-order valence-corrected chi connectivity index (χ1v) is 8.99. The van der Waals surface area contributed by atoms with Gasteiger partial charge in [-0.2, -0.15) is 0 Å². The van der Waals surface area contributed by atoms with Gasteiger partial charge in [0.15, 0.2) is 5.58 Å². The lowest BCUT2D eigenvalue weighted by molar-refractivity contribution is 0.620. The molecule has 0 saturated carbocycles. The van der Waals surface area contributed by atoms with Crippen LogP contribution in [0.4, 0.5) is 0 Å². The van der Waals surface area contributed by atoms with Crippen molar-refractivity contribution in [3.05, 3.63) is 103 Å². The summed E-state index contributed by atoms with van der Waals surface area (Å²) in [5, 5.41) is 0. The fraction of sp³-hybridized carbons (Fsp3) is 0. The number of fused-ring (bicyclic) bond motifs is 1. The van der Waals surface area contributed by atoms with Gasteiger partial charge in [-0.3, -0.25) is 0 Å². The summed E-state index contributed by atoms with van der Waals surface area (Å²) < 4.78 is 6.17. The molecular weight excluding hydrogens is 330 g/mol. The zero-order valence-electron chi connectivity index (χ0n) is 14.7. The Balaban J connectivity index is 1.63. The van der Waals surface area contributed by atoms with E-state index in [-0.39, 0.29) is 0 Å². The molecule has 0 aliphatic rings. The number of benzene rings is 4. The standard InChI is InChI=1S/C25H17NO/c1-3-9-18(10-4-1)20-15-16-23-24(17-20)27-25(26-23)22-14-8-7-13-21(22)19-11-5-2-6-12-19/h1-17H. The highest BCUT2D eigenvalue weighted by molar-refractivity contribution is 5.85. The summed E-state index contributed by atoms with van der Waals surface area (Å²) in [5.74, 6) is 0.648. The van der Waals surface area contributed by atoms with Gasteiger partial charge in [-0.25, -0.2) is 4.98 Å². The van der Waals surface area contributed by atoms with Crippen LogP contribution < -0.4 is 0 Å². The van der Waals surface area contributed by atoms with E-state index in [1.807, 2.05) is 54.6 Å². The summed E-state index contributed by atoms with van der Waals surface area (Å²) in [6.45, 7) is 0. The van der Waals surface area contributed by atoms with Crippen LogP contribution in [-0.2, 0) is 0 Å². The number of aromatic nitrogens is 1. The maximum Gasteiger partial charge on any atom is 0.227 e. The first kappa shape index (κ1) is 15.6. The van der Waals surface area contributed by atoms with Crippen molar-refractivity contribution in [2.24, 2.45) is 0 Å². The smallest absolute Gasteiger partial charge is 0.227 e. The quantitative estimate of drug-likeness (QED) is 0.357. The summed E-state index contributed by atoms with van der Waals surface area (Å²) in [7, 11) is 0. The van der Waals surface area contributed by atoms with Crippen molar-refractivity contribution < 1.29 is 4.42 Å². The zero-order chi connectivity index (χ0) is 18.1. The van der Waals surface area contributed by atoms with E-state index in [0.29, 0.717) is 5.89 Å². The molecular formula is C25H17NO. The fourth-order valence-corrected chi connectivity index (χ4v) is 3.39. The van der Waals surface area contributed by atoms with Crippen molar-refractivity contribution in [2.45, 2.75) is 0 Å². The van der Waals surface area contributed by atoms with Crippen LogP contribution in [0.1, 0.15) is 0 Å². The third kappa shape index (κ3) is 2.91. The van der Waals surface area contributed by atoms with Crippen LogP contribution in [0.3, 0.4) is 0 Å². The third-order valence-corrected chi connectivity index (χ3v) is 4.74. The Morgan fingerprint density at radius 2 is 1.15 bits per heavy atom. The molecule has 4 aromatic carbocycles. The van der Waals surface area contributed by atoms with Crippen LogP contribution in [0.15, 0.2) is 108 Å². The Morgan fingerprint density at radius 3 is 1.89 bits per heavy atom. The van der Waals surface area contributed by atoms with E-state index >= 15 is 0 Å². The normalized spacial score (nSPS) is 11.0. The number of hydrogen-bond donors (Lipinski definition) is 0. The van der Waals surface area contributed by atoms with Gasteiger partial charge in [0, 0.05) is 5.56 Å². The lowest BCUT2D eigenvalue weighted by Crippen LogP contribution is -1.84. The summed E-state index contributed by atoms with van der Waals surface area (Å²) in [4.78, 5) is 4.74. The van der Waals surface area contributed by atoms with Gasteiger partial charge in [-0.15, -0.1) is 0 Å². The Morgan fingerprint density at radius 1 is 0.519 bits per heavy atom. The molecule has 0 aliphatic heterocycles. The maximum absolute atomic E-state index is 6.17. The highest BCUT2D eigenvalue weighted by atomic mass is 16.3. The predicted molar refractivity (Wildman–Crippen MR) is 110 cm³/mol. The molecule has 1 aromatic heterocycles. The second-order valence-electron chi connectivity index (χ2n) is 6.48. The van der Waals surface area contributed by atoms with E-state index in [1.54, 1.807) is 0 Å². The predicted octanol–water partition coefficient (Wildman–Crippen LogP) is 6.83. The molecule has 5 aromatic rings. The summed E-state index contributed by atoms with van der Waals surface area (Å²) in [6, 6.07) is 35.0. The van der Waals surface area contributed by atoms with E-state index < -0.39 is 0 Å². The number of nitrogens with zero attached hydrogens (tertiary/aromatic N) is 1. The Kier molecular flexibility index (Phi) is 3.80. The largest absolute Gasteiger partial charge is 0.436 e. The molecule has 1 heterocycles. The van der Waals surface area contributed by atoms with E-state index in [0.717, 1.165) is 33.4 Å². The van der Waals surface area contributed by atoms with Crippen LogP contribution in [0.2, 0.25) is 0 Å². The molecule has 0 amide bonds. The van der Waals surface area contributed by atoms with Gasteiger partial charge in [0.05, 0.1) is 0 Å². The van der Waals surface area contributed by atoms with Gasteiger partial charge < -0.3 is 4.42 Å². The lowest BCUT2D eigenvalue weighted by Gasteiger charge is -2.06. The Labute approximate surface area is 157 Å². The minimum atomic E-state index is 0.648. The first-order valence-electron chi connectivity index (χ1n) is 8.99. The number of rotatable bonds is 3. The van der Waals surface area contributed by atoms with E-state index in [9.17, 15) is 0 Å². The van der Waals surface area contributed by atoms with Crippen LogP contribution >= 0.6 is 0 Å². The molecule has 5 rings (SSSR count). The average molecular weight is 347 g/mol. The van der Waals surface area contributed by atoms with Crippen LogP contribution in [0, 0.1) is 0 Å². The molecule has 128 valence electrons. The molecule has 0 unspecified atom stereocenters.